The van der Waals surface area contributed by atoms with Gasteiger partial charge in [-0.2, -0.15) is 0 Å². The van der Waals surface area contributed by atoms with Crippen LogP contribution in [0.2, 0.25) is 0 Å². The van der Waals surface area contributed by atoms with E-state index in [0.717, 1.165) is 38.1 Å². The number of nitrogens with one attached hydrogen (secondary N) is 1. The predicted octanol–water partition coefficient (Wildman–Crippen LogP) is 2.05. The predicted molar refractivity (Wildman–Crippen MR) is 76.1 cm³/mol. The first-order valence-corrected chi connectivity index (χ1v) is 7.03. The van der Waals surface area contributed by atoms with Crippen molar-refractivity contribution in [2.24, 2.45) is 5.92 Å². The number of fused-ring (bicyclic) bond motifs is 1. The molecule has 0 saturated carbocycles. The van der Waals surface area contributed by atoms with Gasteiger partial charge in [0.25, 0.3) is 0 Å². The molecule has 1 N–H and O–H groups in total. The highest BCUT2D eigenvalue weighted by Gasteiger charge is 2.23. The van der Waals surface area contributed by atoms with Crippen molar-refractivity contribution in [3.05, 3.63) is 30.6 Å². The van der Waals surface area contributed by atoms with Crippen molar-refractivity contribution in [1.82, 2.24) is 14.9 Å². The largest absolute Gasteiger partial charge is 0.381 e. The normalized spacial score (nSPS) is 18.8. The minimum absolute atomic E-state index is 0.488. The molecule has 0 amide bonds. The monoisotopic (exact) mass is 259 g/mol. The van der Waals surface area contributed by atoms with Crippen LogP contribution in [0.5, 0.6) is 0 Å². The Morgan fingerprint density at radius 2 is 2.16 bits per heavy atom. The van der Waals surface area contributed by atoms with Gasteiger partial charge >= 0.3 is 0 Å². The molecule has 1 aliphatic rings. The molecule has 0 spiro atoms. The maximum atomic E-state index is 5.45. The summed E-state index contributed by atoms with van der Waals surface area (Å²) < 4.78 is 7.71. The molecule has 2 aromatic rings. The molecule has 4 nitrogen and oxygen atoms in total. The van der Waals surface area contributed by atoms with Crippen LogP contribution in [-0.2, 0) is 11.3 Å². The first-order chi connectivity index (χ1) is 9.38. The fourth-order valence-electron chi connectivity index (χ4n) is 2.96. The van der Waals surface area contributed by atoms with Gasteiger partial charge < -0.3 is 14.6 Å². The molecule has 3 rings (SSSR count). The van der Waals surface area contributed by atoms with Crippen LogP contribution in [0.15, 0.2) is 30.6 Å². The van der Waals surface area contributed by atoms with Gasteiger partial charge in [0.2, 0.25) is 0 Å². The molecule has 0 radical (unpaired) electrons. The van der Waals surface area contributed by atoms with Crippen molar-refractivity contribution in [2.75, 3.05) is 20.3 Å². The fourth-order valence-corrected chi connectivity index (χ4v) is 2.96. The lowest BCUT2D eigenvalue weighted by Gasteiger charge is -2.30. The molecule has 1 saturated heterocycles. The molecule has 0 aliphatic carbocycles. The molecule has 1 aliphatic heterocycles. The number of hydrogen-bond donors (Lipinski definition) is 1. The number of hydrogen-bond acceptors (Lipinski definition) is 3. The highest BCUT2D eigenvalue weighted by Crippen LogP contribution is 2.21. The lowest BCUT2D eigenvalue weighted by Crippen LogP contribution is -2.40. The van der Waals surface area contributed by atoms with Crippen molar-refractivity contribution in [1.29, 1.82) is 0 Å². The van der Waals surface area contributed by atoms with E-state index in [2.05, 4.69) is 40.1 Å². The molecule has 1 unspecified atom stereocenters. The number of nitrogens with zero attached hydrogens (tertiary/aromatic N) is 2. The summed E-state index contributed by atoms with van der Waals surface area (Å²) in [5.41, 5.74) is 2.29. The van der Waals surface area contributed by atoms with Gasteiger partial charge in [-0.25, -0.2) is 4.98 Å². The Kier molecular flexibility index (Phi) is 3.80. The third-order valence-electron chi connectivity index (χ3n) is 4.13. The van der Waals surface area contributed by atoms with Gasteiger partial charge in [-0.05, 0) is 37.9 Å². The summed E-state index contributed by atoms with van der Waals surface area (Å²) in [5, 5.41) is 3.47. The Hall–Kier alpha value is -1.39. The molecular weight excluding hydrogens is 238 g/mol. The average molecular weight is 259 g/mol. The number of ether oxygens (including phenoxy) is 1. The van der Waals surface area contributed by atoms with Crippen LogP contribution in [0.4, 0.5) is 0 Å². The molecule has 102 valence electrons. The Morgan fingerprint density at radius 3 is 2.95 bits per heavy atom. The van der Waals surface area contributed by atoms with Crippen LogP contribution in [0.3, 0.4) is 0 Å². The van der Waals surface area contributed by atoms with E-state index in [1.807, 2.05) is 12.4 Å². The van der Waals surface area contributed by atoms with E-state index >= 15 is 0 Å². The summed E-state index contributed by atoms with van der Waals surface area (Å²) in [6.45, 7) is 2.77. The quantitative estimate of drug-likeness (QED) is 0.913. The molecule has 1 aromatic heterocycles. The minimum Gasteiger partial charge on any atom is -0.381 e. The second kappa shape index (κ2) is 5.72. The Balaban J connectivity index is 1.78. The van der Waals surface area contributed by atoms with Crippen LogP contribution in [0.25, 0.3) is 11.0 Å². The maximum absolute atomic E-state index is 5.45. The van der Waals surface area contributed by atoms with E-state index in [4.69, 9.17) is 4.74 Å². The zero-order valence-electron chi connectivity index (χ0n) is 11.4. The smallest absolute Gasteiger partial charge is 0.0958 e. The molecule has 4 heteroatoms. The van der Waals surface area contributed by atoms with E-state index in [9.17, 15) is 0 Å². The zero-order valence-corrected chi connectivity index (χ0v) is 11.4. The van der Waals surface area contributed by atoms with E-state index in [0.29, 0.717) is 12.0 Å². The number of likely N-dealkylation sites (N-methyl/N-ethyl adjacent to an activating group) is 1. The molecule has 19 heavy (non-hydrogen) atoms. The zero-order chi connectivity index (χ0) is 13.1. The van der Waals surface area contributed by atoms with Gasteiger partial charge in [0, 0.05) is 25.8 Å². The lowest BCUT2D eigenvalue weighted by molar-refractivity contribution is 0.0526. The number of para-hydroxylation sites is 2. The minimum atomic E-state index is 0.488. The molecule has 1 fully saturated rings. The number of benzene rings is 1. The van der Waals surface area contributed by atoms with Gasteiger partial charge in [-0.3, -0.25) is 0 Å². The SMILES string of the molecule is CNC(Cn1cnc2ccccc21)C1CCOCC1. The Morgan fingerprint density at radius 1 is 1.37 bits per heavy atom. The molecule has 2 heterocycles. The van der Waals surface area contributed by atoms with E-state index in [1.165, 1.54) is 5.52 Å². The first-order valence-electron chi connectivity index (χ1n) is 7.03. The highest BCUT2D eigenvalue weighted by molar-refractivity contribution is 5.74. The van der Waals surface area contributed by atoms with Gasteiger partial charge in [0.1, 0.15) is 0 Å². The first kappa shape index (κ1) is 12.6. The van der Waals surface area contributed by atoms with Crippen LogP contribution in [0, 0.1) is 5.92 Å². The molecule has 0 bridgehead atoms. The van der Waals surface area contributed by atoms with Crippen LogP contribution < -0.4 is 5.32 Å². The van der Waals surface area contributed by atoms with Crippen molar-refractivity contribution < 1.29 is 4.74 Å². The van der Waals surface area contributed by atoms with Crippen LogP contribution >= 0.6 is 0 Å². The summed E-state index contributed by atoms with van der Waals surface area (Å²) in [5.74, 6) is 0.694. The van der Waals surface area contributed by atoms with E-state index < -0.39 is 0 Å². The van der Waals surface area contributed by atoms with Gasteiger partial charge in [0.05, 0.1) is 17.4 Å². The van der Waals surface area contributed by atoms with Crippen molar-refractivity contribution in [3.8, 4) is 0 Å². The molecule has 1 aromatic carbocycles. The number of imidazole rings is 1. The second-order valence-corrected chi connectivity index (χ2v) is 5.23. The van der Waals surface area contributed by atoms with Crippen molar-refractivity contribution in [3.63, 3.8) is 0 Å². The van der Waals surface area contributed by atoms with Gasteiger partial charge in [-0.15, -0.1) is 0 Å². The Labute approximate surface area is 113 Å². The van der Waals surface area contributed by atoms with Gasteiger partial charge in [-0.1, -0.05) is 12.1 Å². The third-order valence-corrected chi connectivity index (χ3v) is 4.13. The van der Waals surface area contributed by atoms with Crippen LogP contribution in [0.1, 0.15) is 12.8 Å². The summed E-state index contributed by atoms with van der Waals surface area (Å²) >= 11 is 0. The van der Waals surface area contributed by atoms with Crippen molar-refractivity contribution in [2.45, 2.75) is 25.4 Å². The maximum Gasteiger partial charge on any atom is 0.0958 e. The average Bonchev–Trinajstić information content (AvgIpc) is 2.89. The topological polar surface area (TPSA) is 39.1 Å². The summed E-state index contributed by atoms with van der Waals surface area (Å²) in [4.78, 5) is 4.46. The fraction of sp³-hybridized carbons (Fsp3) is 0.533. The number of aromatic nitrogens is 2. The standard InChI is InChI=1S/C15H21N3O/c1-16-14(12-6-8-19-9-7-12)10-18-11-17-13-4-2-3-5-15(13)18/h2-5,11-12,14,16H,6-10H2,1H3. The highest BCUT2D eigenvalue weighted by atomic mass is 16.5. The summed E-state index contributed by atoms with van der Waals surface area (Å²) in [6, 6.07) is 8.80. The molecule has 1 atom stereocenters. The van der Waals surface area contributed by atoms with Crippen LogP contribution in [-0.4, -0.2) is 35.9 Å². The summed E-state index contributed by atoms with van der Waals surface area (Å²) in [6.07, 6.45) is 4.25. The van der Waals surface area contributed by atoms with Gasteiger partial charge in [0.15, 0.2) is 0 Å². The Bertz CT molecular complexity index is 531. The summed E-state index contributed by atoms with van der Waals surface area (Å²) in [7, 11) is 2.05. The van der Waals surface area contributed by atoms with Crippen molar-refractivity contribution >= 4 is 11.0 Å². The third kappa shape index (κ3) is 2.65. The van der Waals surface area contributed by atoms with E-state index in [1.54, 1.807) is 0 Å². The number of rotatable bonds is 4. The second-order valence-electron chi connectivity index (χ2n) is 5.23. The lowest BCUT2D eigenvalue weighted by atomic mass is 9.91. The molecular formula is C15H21N3O. The van der Waals surface area contributed by atoms with E-state index in [-0.39, 0.29) is 0 Å².